The van der Waals surface area contributed by atoms with Crippen molar-refractivity contribution in [3.63, 3.8) is 0 Å². The van der Waals surface area contributed by atoms with Gasteiger partial charge >= 0.3 is 0 Å². The maximum absolute atomic E-state index is 12.7. The van der Waals surface area contributed by atoms with Gasteiger partial charge in [0.1, 0.15) is 24.1 Å². The molecule has 176 valence electrons. The minimum absolute atomic E-state index is 0.0554. The van der Waals surface area contributed by atoms with Crippen molar-refractivity contribution in [2.24, 2.45) is 0 Å². The van der Waals surface area contributed by atoms with Crippen LogP contribution in [0.25, 0.3) is 0 Å². The summed E-state index contributed by atoms with van der Waals surface area (Å²) in [7, 11) is -2.38. The number of ether oxygens (including phenoxy) is 2. The third-order valence-electron chi connectivity index (χ3n) is 4.86. The fraction of sp³-hybridized carbons (Fsp3) is 0.435. The molecule has 1 atom stereocenters. The van der Waals surface area contributed by atoms with Gasteiger partial charge in [0.25, 0.3) is 0 Å². The highest BCUT2D eigenvalue weighted by Crippen LogP contribution is 2.34. The lowest BCUT2D eigenvalue weighted by molar-refractivity contribution is -0.121. The molecule has 0 aromatic heterocycles. The number of benzene rings is 2. The minimum atomic E-state index is -3.80. The number of carbonyl (C=O) groups excluding carboxylic acids is 1. The number of carbonyl (C=O) groups is 1. The van der Waals surface area contributed by atoms with E-state index in [1.165, 1.54) is 25.7 Å². The van der Waals surface area contributed by atoms with Gasteiger partial charge in [0.05, 0.1) is 25.6 Å². The molecular formula is C23H31ClN2O5S. The first-order valence-electron chi connectivity index (χ1n) is 10.2. The fourth-order valence-electron chi connectivity index (χ4n) is 3.16. The molecule has 2 aromatic carbocycles. The Balaban J connectivity index is 2.03. The van der Waals surface area contributed by atoms with E-state index < -0.39 is 22.0 Å². The summed E-state index contributed by atoms with van der Waals surface area (Å²) in [6, 6.07) is 11.4. The topological polar surface area (TPSA) is 84.9 Å². The van der Waals surface area contributed by atoms with Gasteiger partial charge in [-0.1, -0.05) is 44.5 Å². The first-order valence-corrected chi connectivity index (χ1v) is 12.4. The van der Waals surface area contributed by atoms with Crippen LogP contribution in [0, 0.1) is 0 Å². The summed E-state index contributed by atoms with van der Waals surface area (Å²) in [5.41, 5.74) is 1.45. The summed E-state index contributed by atoms with van der Waals surface area (Å²) in [4.78, 5) is 12.7. The van der Waals surface area contributed by atoms with E-state index in [0.717, 1.165) is 10.6 Å². The van der Waals surface area contributed by atoms with Crippen molar-refractivity contribution in [1.29, 1.82) is 0 Å². The quantitative estimate of drug-likeness (QED) is 0.546. The molecule has 0 saturated carbocycles. The Morgan fingerprint density at radius 2 is 1.78 bits per heavy atom. The number of nitrogens with one attached hydrogen (secondary N) is 1. The molecule has 32 heavy (non-hydrogen) atoms. The third kappa shape index (κ3) is 6.77. The maximum atomic E-state index is 12.7. The molecule has 0 aliphatic heterocycles. The predicted octanol–water partition coefficient (Wildman–Crippen LogP) is 4.00. The molecule has 0 aliphatic carbocycles. The van der Waals surface area contributed by atoms with Gasteiger partial charge in [0.2, 0.25) is 15.9 Å². The van der Waals surface area contributed by atoms with Crippen molar-refractivity contribution >= 4 is 33.2 Å². The Morgan fingerprint density at radius 3 is 2.31 bits per heavy atom. The Kier molecular flexibility index (Phi) is 8.42. The smallest absolute Gasteiger partial charge is 0.243 e. The standard InChI is InChI=1S/C23H31ClN2O5S/c1-16(26(32(6,28)29)20-15-18(24)9-12-21(20)30-5)22(27)25-13-14-31-19-10-7-17(8-11-19)23(2,3)4/h7-12,15-16H,13-14H2,1-6H3,(H,25,27). The first kappa shape index (κ1) is 25.8. The molecule has 2 rings (SSSR count). The van der Waals surface area contributed by atoms with Gasteiger partial charge in [-0.25, -0.2) is 8.42 Å². The lowest BCUT2D eigenvalue weighted by atomic mass is 9.87. The van der Waals surface area contributed by atoms with Crippen molar-refractivity contribution in [3.05, 3.63) is 53.1 Å². The summed E-state index contributed by atoms with van der Waals surface area (Å²) in [5, 5.41) is 3.05. The molecule has 0 spiro atoms. The molecule has 2 aromatic rings. The van der Waals surface area contributed by atoms with Crippen LogP contribution in [0.15, 0.2) is 42.5 Å². The molecule has 0 bridgehead atoms. The zero-order valence-corrected chi connectivity index (χ0v) is 20.9. The molecule has 1 amide bonds. The predicted molar refractivity (Wildman–Crippen MR) is 128 cm³/mol. The van der Waals surface area contributed by atoms with E-state index in [0.29, 0.717) is 16.5 Å². The fourth-order valence-corrected chi connectivity index (χ4v) is 4.49. The van der Waals surface area contributed by atoms with Crippen molar-refractivity contribution in [1.82, 2.24) is 5.32 Å². The minimum Gasteiger partial charge on any atom is -0.495 e. The highest BCUT2D eigenvalue weighted by atomic mass is 35.5. The Bertz CT molecular complexity index is 1030. The summed E-state index contributed by atoms with van der Waals surface area (Å²) in [6.07, 6.45) is 1.03. The number of nitrogens with zero attached hydrogens (tertiary/aromatic N) is 1. The van der Waals surface area contributed by atoms with E-state index in [4.69, 9.17) is 21.1 Å². The van der Waals surface area contributed by atoms with Gasteiger partial charge in [-0.05, 0) is 48.2 Å². The van der Waals surface area contributed by atoms with Crippen LogP contribution in [-0.4, -0.2) is 46.9 Å². The van der Waals surface area contributed by atoms with Crippen LogP contribution in [0.3, 0.4) is 0 Å². The highest BCUT2D eigenvalue weighted by molar-refractivity contribution is 7.92. The van der Waals surface area contributed by atoms with Gasteiger partial charge in [0.15, 0.2) is 0 Å². The number of amides is 1. The number of hydrogen-bond donors (Lipinski definition) is 1. The van der Waals surface area contributed by atoms with E-state index in [9.17, 15) is 13.2 Å². The largest absolute Gasteiger partial charge is 0.495 e. The highest BCUT2D eigenvalue weighted by Gasteiger charge is 2.31. The summed E-state index contributed by atoms with van der Waals surface area (Å²) in [6.45, 7) is 8.37. The van der Waals surface area contributed by atoms with Crippen molar-refractivity contribution in [3.8, 4) is 11.5 Å². The molecule has 9 heteroatoms. The van der Waals surface area contributed by atoms with E-state index in [-0.39, 0.29) is 24.3 Å². The lowest BCUT2D eigenvalue weighted by Gasteiger charge is -2.29. The Labute approximate surface area is 195 Å². The maximum Gasteiger partial charge on any atom is 0.243 e. The first-order chi connectivity index (χ1) is 14.8. The number of rotatable bonds is 9. The molecule has 0 heterocycles. The second-order valence-corrected chi connectivity index (χ2v) is 10.8. The molecule has 0 radical (unpaired) electrons. The second kappa shape index (κ2) is 10.4. The van der Waals surface area contributed by atoms with E-state index in [2.05, 4.69) is 26.1 Å². The van der Waals surface area contributed by atoms with Crippen molar-refractivity contribution < 1.29 is 22.7 Å². The van der Waals surface area contributed by atoms with Crippen LogP contribution in [0.5, 0.6) is 11.5 Å². The van der Waals surface area contributed by atoms with Crippen LogP contribution in [0.4, 0.5) is 5.69 Å². The summed E-state index contributed by atoms with van der Waals surface area (Å²) >= 11 is 6.05. The van der Waals surface area contributed by atoms with Gasteiger partial charge in [-0.2, -0.15) is 0 Å². The number of methoxy groups -OCH3 is 1. The number of anilines is 1. The second-order valence-electron chi connectivity index (χ2n) is 8.46. The zero-order chi connectivity index (χ0) is 24.1. The molecule has 0 saturated heterocycles. The molecule has 1 unspecified atom stereocenters. The molecule has 1 N–H and O–H groups in total. The van der Waals surface area contributed by atoms with Crippen LogP contribution in [0.2, 0.25) is 5.02 Å². The molecule has 0 aliphatic rings. The van der Waals surface area contributed by atoms with Gasteiger partial charge in [-0.3, -0.25) is 9.10 Å². The van der Waals surface area contributed by atoms with Crippen LogP contribution in [0.1, 0.15) is 33.3 Å². The van der Waals surface area contributed by atoms with Crippen molar-refractivity contribution in [2.75, 3.05) is 30.8 Å². The third-order valence-corrected chi connectivity index (χ3v) is 6.32. The Hall–Kier alpha value is -2.45. The number of sulfonamides is 1. The van der Waals surface area contributed by atoms with E-state index >= 15 is 0 Å². The Morgan fingerprint density at radius 1 is 1.16 bits per heavy atom. The summed E-state index contributed by atoms with van der Waals surface area (Å²) in [5.74, 6) is 0.521. The number of halogens is 1. The monoisotopic (exact) mass is 482 g/mol. The van der Waals surface area contributed by atoms with Crippen LogP contribution >= 0.6 is 11.6 Å². The van der Waals surface area contributed by atoms with Gasteiger partial charge < -0.3 is 14.8 Å². The van der Waals surface area contributed by atoms with Crippen LogP contribution in [-0.2, 0) is 20.2 Å². The average Bonchev–Trinajstić information content (AvgIpc) is 2.70. The lowest BCUT2D eigenvalue weighted by Crippen LogP contribution is -2.48. The SMILES string of the molecule is COc1ccc(Cl)cc1N(C(C)C(=O)NCCOc1ccc(C(C)(C)C)cc1)S(C)(=O)=O. The van der Waals surface area contributed by atoms with Gasteiger partial charge in [-0.15, -0.1) is 0 Å². The van der Waals surface area contributed by atoms with Crippen molar-refractivity contribution in [2.45, 2.75) is 39.2 Å². The number of hydrogen-bond acceptors (Lipinski definition) is 5. The normalized spacial score (nSPS) is 12.7. The van der Waals surface area contributed by atoms with Crippen LogP contribution < -0.4 is 19.1 Å². The van der Waals surface area contributed by atoms with Gasteiger partial charge in [0, 0.05) is 5.02 Å². The van der Waals surface area contributed by atoms with E-state index in [1.54, 1.807) is 12.1 Å². The summed E-state index contributed by atoms with van der Waals surface area (Å²) < 4.78 is 36.9. The zero-order valence-electron chi connectivity index (χ0n) is 19.3. The average molecular weight is 483 g/mol. The molecular weight excluding hydrogens is 452 g/mol. The molecule has 7 nitrogen and oxygen atoms in total. The molecule has 0 fully saturated rings. The van der Waals surface area contributed by atoms with E-state index in [1.807, 2.05) is 24.3 Å².